The largest absolute Gasteiger partial charge is 0.494 e. The lowest BCUT2D eigenvalue weighted by atomic mass is 10.1. The van der Waals surface area contributed by atoms with E-state index in [1.807, 2.05) is 31.2 Å². The van der Waals surface area contributed by atoms with Crippen LogP contribution in [0.3, 0.4) is 0 Å². The van der Waals surface area contributed by atoms with Gasteiger partial charge in [-0.15, -0.1) is 0 Å². The number of cyclic esters (lactones) is 1. The lowest BCUT2D eigenvalue weighted by molar-refractivity contribution is -0.129. The third kappa shape index (κ3) is 3.93. The molecule has 0 amide bonds. The average molecular weight is 383 g/mol. The van der Waals surface area contributed by atoms with Gasteiger partial charge in [0.2, 0.25) is 11.6 Å². The van der Waals surface area contributed by atoms with E-state index in [0.29, 0.717) is 29.4 Å². The van der Waals surface area contributed by atoms with Gasteiger partial charge < -0.3 is 23.7 Å². The molecule has 3 rings (SSSR count). The van der Waals surface area contributed by atoms with Crippen molar-refractivity contribution >= 4 is 17.9 Å². The maximum Gasteiger partial charge on any atom is 0.363 e. The summed E-state index contributed by atoms with van der Waals surface area (Å²) in [5.41, 5.74) is 1.51. The number of rotatable bonds is 7. The molecule has 2 aromatic rings. The number of nitrogens with zero attached hydrogens (tertiary/aromatic N) is 1. The van der Waals surface area contributed by atoms with Crippen LogP contribution in [0.25, 0.3) is 6.08 Å². The van der Waals surface area contributed by atoms with Crippen molar-refractivity contribution in [2.75, 3.05) is 27.9 Å². The SMILES string of the molecule is CCOc1cccc(/C=C2\N=C(c3cc(OC)c(OC)c(OC)c3)OC2=O)c1. The second kappa shape index (κ2) is 8.47. The summed E-state index contributed by atoms with van der Waals surface area (Å²) in [5.74, 6) is 1.68. The summed E-state index contributed by atoms with van der Waals surface area (Å²) in [6.45, 7) is 2.47. The summed E-state index contributed by atoms with van der Waals surface area (Å²) in [7, 11) is 4.55. The van der Waals surface area contributed by atoms with Crippen molar-refractivity contribution in [3.05, 3.63) is 53.2 Å². The molecule has 0 radical (unpaired) electrons. The molecule has 0 unspecified atom stereocenters. The summed E-state index contributed by atoms with van der Waals surface area (Å²) < 4.78 is 26.8. The summed E-state index contributed by atoms with van der Waals surface area (Å²) in [6.07, 6.45) is 1.65. The standard InChI is InChI=1S/C21H21NO6/c1-5-27-15-8-6-7-13(9-15)10-16-21(23)28-20(22-16)14-11-17(24-2)19(26-4)18(12-14)25-3/h6-12H,5H2,1-4H3/b16-10-. The zero-order chi connectivity index (χ0) is 20.1. The Morgan fingerprint density at radius 1 is 1.04 bits per heavy atom. The second-order valence-corrected chi connectivity index (χ2v) is 5.76. The Balaban J connectivity index is 1.97. The monoisotopic (exact) mass is 383 g/mol. The Bertz CT molecular complexity index is 923. The predicted octanol–water partition coefficient (Wildman–Crippen LogP) is 3.46. The van der Waals surface area contributed by atoms with Gasteiger partial charge in [-0.2, -0.15) is 0 Å². The number of methoxy groups -OCH3 is 3. The fourth-order valence-electron chi connectivity index (χ4n) is 2.76. The smallest absolute Gasteiger partial charge is 0.363 e. The molecule has 0 fully saturated rings. The van der Waals surface area contributed by atoms with Gasteiger partial charge in [0, 0.05) is 5.56 Å². The van der Waals surface area contributed by atoms with Gasteiger partial charge in [0.05, 0.1) is 27.9 Å². The van der Waals surface area contributed by atoms with Crippen molar-refractivity contribution in [1.82, 2.24) is 0 Å². The van der Waals surface area contributed by atoms with Crippen LogP contribution in [0.15, 0.2) is 47.1 Å². The van der Waals surface area contributed by atoms with Crippen molar-refractivity contribution in [2.24, 2.45) is 4.99 Å². The molecule has 0 saturated carbocycles. The number of esters is 1. The maximum atomic E-state index is 12.3. The maximum absolute atomic E-state index is 12.3. The molecule has 0 saturated heterocycles. The summed E-state index contributed by atoms with van der Waals surface area (Å²) >= 11 is 0. The Hall–Kier alpha value is -3.48. The third-order valence-corrected chi connectivity index (χ3v) is 4.00. The fourth-order valence-corrected chi connectivity index (χ4v) is 2.76. The Morgan fingerprint density at radius 2 is 1.75 bits per heavy atom. The Kier molecular flexibility index (Phi) is 5.84. The molecule has 1 heterocycles. The van der Waals surface area contributed by atoms with E-state index in [0.717, 1.165) is 11.3 Å². The van der Waals surface area contributed by atoms with E-state index in [2.05, 4.69) is 4.99 Å². The third-order valence-electron chi connectivity index (χ3n) is 4.00. The molecule has 0 spiro atoms. The highest BCUT2D eigenvalue weighted by Crippen LogP contribution is 2.39. The van der Waals surface area contributed by atoms with Crippen molar-refractivity contribution in [3.8, 4) is 23.0 Å². The van der Waals surface area contributed by atoms with Crippen LogP contribution in [0.5, 0.6) is 23.0 Å². The molecular formula is C21H21NO6. The molecular weight excluding hydrogens is 362 g/mol. The molecule has 1 aliphatic heterocycles. The molecule has 146 valence electrons. The lowest BCUT2D eigenvalue weighted by Crippen LogP contribution is -2.06. The minimum Gasteiger partial charge on any atom is -0.494 e. The first-order valence-electron chi connectivity index (χ1n) is 8.65. The zero-order valence-corrected chi connectivity index (χ0v) is 16.1. The first-order chi connectivity index (χ1) is 13.6. The fraction of sp³-hybridized carbons (Fsp3) is 0.238. The zero-order valence-electron chi connectivity index (χ0n) is 16.1. The second-order valence-electron chi connectivity index (χ2n) is 5.76. The lowest BCUT2D eigenvalue weighted by Gasteiger charge is -2.13. The van der Waals surface area contributed by atoms with Crippen LogP contribution in [-0.2, 0) is 9.53 Å². The van der Waals surface area contributed by atoms with E-state index in [1.165, 1.54) is 21.3 Å². The first kappa shape index (κ1) is 19.3. The van der Waals surface area contributed by atoms with E-state index < -0.39 is 5.97 Å². The number of aliphatic imine (C=N–C) groups is 1. The van der Waals surface area contributed by atoms with E-state index in [1.54, 1.807) is 18.2 Å². The molecule has 1 aliphatic rings. The molecule has 0 aromatic heterocycles. The van der Waals surface area contributed by atoms with Gasteiger partial charge in [-0.25, -0.2) is 9.79 Å². The molecule has 2 aromatic carbocycles. The van der Waals surface area contributed by atoms with Gasteiger partial charge in [-0.1, -0.05) is 12.1 Å². The average Bonchev–Trinajstić information content (AvgIpc) is 3.07. The first-order valence-corrected chi connectivity index (χ1v) is 8.65. The summed E-state index contributed by atoms with van der Waals surface area (Å²) in [6, 6.07) is 10.7. The number of hydrogen-bond donors (Lipinski definition) is 0. The van der Waals surface area contributed by atoms with Crippen LogP contribution in [0.4, 0.5) is 0 Å². The minimum absolute atomic E-state index is 0.163. The summed E-state index contributed by atoms with van der Waals surface area (Å²) in [4.78, 5) is 16.6. The number of hydrogen-bond acceptors (Lipinski definition) is 7. The normalized spacial score (nSPS) is 14.5. The predicted molar refractivity (Wildman–Crippen MR) is 104 cm³/mol. The molecule has 0 atom stereocenters. The van der Waals surface area contributed by atoms with Crippen LogP contribution < -0.4 is 18.9 Å². The van der Waals surface area contributed by atoms with E-state index in [9.17, 15) is 4.79 Å². The summed E-state index contributed by atoms with van der Waals surface area (Å²) in [5, 5.41) is 0. The number of carbonyl (C=O) groups is 1. The van der Waals surface area contributed by atoms with E-state index in [-0.39, 0.29) is 11.6 Å². The van der Waals surface area contributed by atoms with Crippen LogP contribution >= 0.6 is 0 Å². The number of carbonyl (C=O) groups excluding carboxylic acids is 1. The number of benzene rings is 2. The van der Waals surface area contributed by atoms with Gasteiger partial charge in [-0.05, 0) is 42.8 Å². The van der Waals surface area contributed by atoms with Crippen molar-refractivity contribution in [1.29, 1.82) is 0 Å². The van der Waals surface area contributed by atoms with Gasteiger partial charge in [0.15, 0.2) is 17.2 Å². The van der Waals surface area contributed by atoms with E-state index >= 15 is 0 Å². The Morgan fingerprint density at radius 3 is 2.36 bits per heavy atom. The van der Waals surface area contributed by atoms with Crippen molar-refractivity contribution < 1.29 is 28.5 Å². The molecule has 0 aliphatic carbocycles. The van der Waals surface area contributed by atoms with Crippen LogP contribution in [0.2, 0.25) is 0 Å². The highest BCUT2D eigenvalue weighted by Gasteiger charge is 2.26. The highest BCUT2D eigenvalue weighted by molar-refractivity contribution is 6.13. The number of ether oxygens (including phenoxy) is 5. The molecule has 7 nitrogen and oxygen atoms in total. The van der Waals surface area contributed by atoms with Gasteiger partial charge >= 0.3 is 5.97 Å². The van der Waals surface area contributed by atoms with Crippen LogP contribution in [0.1, 0.15) is 18.1 Å². The minimum atomic E-state index is -0.537. The molecule has 28 heavy (non-hydrogen) atoms. The molecule has 7 heteroatoms. The van der Waals surface area contributed by atoms with E-state index in [4.69, 9.17) is 23.7 Å². The van der Waals surface area contributed by atoms with Gasteiger partial charge in [-0.3, -0.25) is 0 Å². The quantitative estimate of drug-likeness (QED) is 0.538. The van der Waals surface area contributed by atoms with Crippen LogP contribution in [-0.4, -0.2) is 39.8 Å². The van der Waals surface area contributed by atoms with Gasteiger partial charge in [0.25, 0.3) is 0 Å². The molecule has 0 N–H and O–H groups in total. The molecule has 0 bridgehead atoms. The van der Waals surface area contributed by atoms with Gasteiger partial charge in [0.1, 0.15) is 5.75 Å². The highest BCUT2D eigenvalue weighted by atomic mass is 16.6. The van der Waals surface area contributed by atoms with Crippen LogP contribution in [0, 0.1) is 0 Å². The van der Waals surface area contributed by atoms with Crippen molar-refractivity contribution in [3.63, 3.8) is 0 Å². The van der Waals surface area contributed by atoms with Crippen molar-refractivity contribution in [2.45, 2.75) is 6.92 Å². The topological polar surface area (TPSA) is 75.6 Å². The Labute approximate surface area is 163 Å².